The van der Waals surface area contributed by atoms with Crippen LogP contribution in [0.25, 0.3) is 0 Å². The molecular formula is C17H16N4. The summed E-state index contributed by atoms with van der Waals surface area (Å²) in [5.74, 6) is 0.689. The molecule has 0 radical (unpaired) electrons. The summed E-state index contributed by atoms with van der Waals surface area (Å²) in [5.41, 5.74) is 9.14. The number of pyridine rings is 3. The first kappa shape index (κ1) is 13.2. The zero-order valence-electron chi connectivity index (χ0n) is 11.6. The van der Waals surface area contributed by atoms with Crippen molar-refractivity contribution in [2.75, 3.05) is 5.73 Å². The van der Waals surface area contributed by atoms with Gasteiger partial charge in [0.2, 0.25) is 0 Å². The topological polar surface area (TPSA) is 64.7 Å². The van der Waals surface area contributed by atoms with E-state index in [1.165, 1.54) is 0 Å². The van der Waals surface area contributed by atoms with Crippen LogP contribution in [0.1, 0.15) is 22.7 Å². The van der Waals surface area contributed by atoms with Gasteiger partial charge in [0, 0.05) is 36.4 Å². The molecule has 0 aliphatic heterocycles. The quantitative estimate of drug-likeness (QED) is 0.795. The molecule has 0 aliphatic carbocycles. The van der Waals surface area contributed by atoms with E-state index >= 15 is 0 Å². The van der Waals surface area contributed by atoms with Gasteiger partial charge in [0.1, 0.15) is 5.82 Å². The molecule has 3 heterocycles. The van der Waals surface area contributed by atoms with Crippen molar-refractivity contribution in [3.05, 3.63) is 84.1 Å². The predicted octanol–water partition coefficient (Wildman–Crippen LogP) is 2.83. The summed E-state index contributed by atoms with van der Waals surface area (Å²) in [6, 6.07) is 13.9. The first-order chi connectivity index (χ1) is 10.3. The zero-order valence-corrected chi connectivity index (χ0v) is 11.6. The largest absolute Gasteiger partial charge is 0.383 e. The Balaban J connectivity index is 1.99. The average molecular weight is 276 g/mol. The van der Waals surface area contributed by atoms with E-state index in [1.54, 1.807) is 12.4 Å². The summed E-state index contributed by atoms with van der Waals surface area (Å²) in [7, 11) is 0. The molecule has 104 valence electrons. The average Bonchev–Trinajstić information content (AvgIpc) is 2.56. The van der Waals surface area contributed by atoms with Crippen LogP contribution in [0.5, 0.6) is 0 Å². The number of rotatable bonds is 4. The van der Waals surface area contributed by atoms with E-state index in [0.717, 1.165) is 23.2 Å². The monoisotopic (exact) mass is 276 g/mol. The van der Waals surface area contributed by atoms with Crippen LogP contribution in [-0.2, 0) is 6.42 Å². The van der Waals surface area contributed by atoms with Gasteiger partial charge >= 0.3 is 0 Å². The molecule has 4 nitrogen and oxygen atoms in total. The molecule has 0 fully saturated rings. The molecule has 4 heteroatoms. The van der Waals surface area contributed by atoms with Crippen molar-refractivity contribution in [3.8, 4) is 0 Å². The maximum absolute atomic E-state index is 5.98. The molecule has 3 rings (SSSR count). The van der Waals surface area contributed by atoms with Crippen LogP contribution >= 0.6 is 0 Å². The minimum absolute atomic E-state index is 0.117. The van der Waals surface area contributed by atoms with E-state index in [4.69, 9.17) is 5.73 Å². The Morgan fingerprint density at radius 2 is 1.76 bits per heavy atom. The first-order valence-electron chi connectivity index (χ1n) is 6.85. The van der Waals surface area contributed by atoms with Crippen LogP contribution in [0.2, 0.25) is 0 Å². The third-order valence-electron chi connectivity index (χ3n) is 3.48. The van der Waals surface area contributed by atoms with Crippen LogP contribution in [0.4, 0.5) is 5.82 Å². The van der Waals surface area contributed by atoms with Crippen LogP contribution < -0.4 is 5.73 Å². The van der Waals surface area contributed by atoms with Gasteiger partial charge < -0.3 is 5.73 Å². The number of aromatic nitrogens is 3. The molecule has 0 saturated carbocycles. The number of nitrogens with two attached hydrogens (primary N) is 1. The highest BCUT2D eigenvalue weighted by Crippen LogP contribution is 2.27. The standard InChI is InChI=1S/C17H16N4/c18-17-13(5-4-10-21-17)11-15(14-6-3-8-19-12-14)16-7-1-2-9-20-16/h1-10,12,15H,11H2,(H2,18,21). The van der Waals surface area contributed by atoms with E-state index in [0.29, 0.717) is 5.82 Å². The SMILES string of the molecule is Nc1ncccc1CC(c1cccnc1)c1ccccn1. The van der Waals surface area contributed by atoms with Crippen molar-refractivity contribution in [2.24, 2.45) is 0 Å². The van der Waals surface area contributed by atoms with Gasteiger partial charge in [0.15, 0.2) is 0 Å². The van der Waals surface area contributed by atoms with Gasteiger partial charge in [-0.05, 0) is 41.8 Å². The molecule has 0 aliphatic rings. The van der Waals surface area contributed by atoms with Gasteiger partial charge in [-0.3, -0.25) is 9.97 Å². The molecule has 0 amide bonds. The first-order valence-corrected chi connectivity index (χ1v) is 6.85. The zero-order chi connectivity index (χ0) is 14.5. The fraction of sp³-hybridized carbons (Fsp3) is 0.118. The molecule has 1 unspecified atom stereocenters. The molecule has 0 aromatic carbocycles. The molecule has 0 saturated heterocycles. The van der Waals surface area contributed by atoms with Crippen LogP contribution in [0, 0.1) is 0 Å². The lowest BCUT2D eigenvalue weighted by atomic mass is 9.90. The molecular weight excluding hydrogens is 260 g/mol. The van der Waals surface area contributed by atoms with Gasteiger partial charge in [-0.2, -0.15) is 0 Å². The smallest absolute Gasteiger partial charge is 0.126 e. The van der Waals surface area contributed by atoms with E-state index in [9.17, 15) is 0 Å². The van der Waals surface area contributed by atoms with Crippen molar-refractivity contribution < 1.29 is 0 Å². The molecule has 0 bridgehead atoms. The highest BCUT2D eigenvalue weighted by atomic mass is 14.8. The van der Waals surface area contributed by atoms with Crippen LogP contribution in [-0.4, -0.2) is 15.0 Å². The molecule has 0 spiro atoms. The summed E-state index contributed by atoms with van der Waals surface area (Å²) in [6.07, 6.45) is 7.93. The van der Waals surface area contributed by atoms with Gasteiger partial charge in [-0.15, -0.1) is 0 Å². The van der Waals surface area contributed by atoms with Crippen molar-refractivity contribution >= 4 is 5.82 Å². The lowest BCUT2D eigenvalue weighted by Crippen LogP contribution is -2.09. The maximum atomic E-state index is 5.98. The fourth-order valence-electron chi connectivity index (χ4n) is 2.40. The molecule has 21 heavy (non-hydrogen) atoms. The number of anilines is 1. The third kappa shape index (κ3) is 3.05. The van der Waals surface area contributed by atoms with Gasteiger partial charge in [-0.25, -0.2) is 4.98 Å². The Hall–Kier alpha value is -2.75. The van der Waals surface area contributed by atoms with E-state index in [1.807, 2.05) is 48.8 Å². The number of nitrogens with zero attached hydrogens (tertiary/aromatic N) is 3. The minimum Gasteiger partial charge on any atom is -0.383 e. The third-order valence-corrected chi connectivity index (χ3v) is 3.48. The lowest BCUT2D eigenvalue weighted by molar-refractivity contribution is 0.768. The summed E-state index contributed by atoms with van der Waals surface area (Å²) in [5, 5.41) is 0. The highest BCUT2D eigenvalue weighted by molar-refractivity contribution is 5.41. The molecule has 1 atom stereocenters. The summed E-state index contributed by atoms with van der Waals surface area (Å²) < 4.78 is 0. The van der Waals surface area contributed by atoms with Crippen LogP contribution in [0.15, 0.2) is 67.3 Å². The fourth-order valence-corrected chi connectivity index (χ4v) is 2.40. The maximum Gasteiger partial charge on any atom is 0.126 e. The van der Waals surface area contributed by atoms with Gasteiger partial charge in [0.25, 0.3) is 0 Å². The molecule has 2 N–H and O–H groups in total. The van der Waals surface area contributed by atoms with Crippen molar-refractivity contribution in [2.45, 2.75) is 12.3 Å². The summed E-state index contributed by atoms with van der Waals surface area (Å²) >= 11 is 0. The van der Waals surface area contributed by atoms with E-state index in [-0.39, 0.29) is 5.92 Å². The highest BCUT2D eigenvalue weighted by Gasteiger charge is 2.17. The van der Waals surface area contributed by atoms with Crippen molar-refractivity contribution in [1.29, 1.82) is 0 Å². The molecule has 3 aromatic rings. The second-order valence-corrected chi connectivity index (χ2v) is 4.85. The number of nitrogen functional groups attached to an aromatic ring is 1. The second-order valence-electron chi connectivity index (χ2n) is 4.85. The van der Waals surface area contributed by atoms with Gasteiger partial charge in [0.05, 0.1) is 0 Å². The Morgan fingerprint density at radius 3 is 2.48 bits per heavy atom. The number of hydrogen-bond acceptors (Lipinski definition) is 4. The lowest BCUT2D eigenvalue weighted by Gasteiger charge is -2.17. The Kier molecular flexibility index (Phi) is 3.87. The Bertz CT molecular complexity index is 659. The Morgan fingerprint density at radius 1 is 0.905 bits per heavy atom. The van der Waals surface area contributed by atoms with Crippen LogP contribution in [0.3, 0.4) is 0 Å². The van der Waals surface area contributed by atoms with E-state index < -0.39 is 0 Å². The number of hydrogen-bond donors (Lipinski definition) is 1. The van der Waals surface area contributed by atoms with Crippen molar-refractivity contribution in [1.82, 2.24) is 15.0 Å². The summed E-state index contributed by atoms with van der Waals surface area (Å²) in [4.78, 5) is 12.9. The molecule has 3 aromatic heterocycles. The minimum atomic E-state index is 0.117. The Labute approximate surface area is 123 Å². The second kappa shape index (κ2) is 6.13. The summed E-state index contributed by atoms with van der Waals surface area (Å²) in [6.45, 7) is 0. The van der Waals surface area contributed by atoms with Gasteiger partial charge in [-0.1, -0.05) is 18.2 Å². The van der Waals surface area contributed by atoms with Crippen molar-refractivity contribution in [3.63, 3.8) is 0 Å². The predicted molar refractivity (Wildman–Crippen MR) is 82.7 cm³/mol. The van der Waals surface area contributed by atoms with E-state index in [2.05, 4.69) is 21.0 Å². The normalized spacial score (nSPS) is 12.0.